The first-order chi connectivity index (χ1) is 17.1. The second-order valence-electron chi connectivity index (χ2n) is 9.80. The van der Waals surface area contributed by atoms with Crippen molar-refractivity contribution in [2.75, 3.05) is 0 Å². The number of ether oxygens (including phenoxy) is 1. The Kier molecular flexibility index (Phi) is 4.90. The number of aryl methyl sites for hydroxylation is 1. The van der Waals surface area contributed by atoms with E-state index in [-0.39, 0.29) is 36.3 Å². The fourth-order valence-electron chi connectivity index (χ4n) is 6.10. The largest absolute Gasteiger partial charge is 0.458 e. The standard InChI is InChI=1S/C26H24ClN3O6/c1-3-26(35)15-6-18-21-13(8-30(18)24(33)14(15)9-36-25(26)34)19-12(22(31)23(28)32)5-4-11-10(2)16(27)7-17(29-21)20(11)19/h6-7,12,22,31,35H,3-5,8-9H2,1-2H3,(H2,28,32)/t12-,22?,26-/m0/s1. The number of nitrogens with two attached hydrogens (primary N) is 1. The molecule has 2 aromatic heterocycles. The van der Waals surface area contributed by atoms with E-state index < -0.39 is 29.5 Å². The summed E-state index contributed by atoms with van der Waals surface area (Å²) in [5.41, 5.74) is 8.51. The molecule has 9 nitrogen and oxygen atoms in total. The van der Waals surface area contributed by atoms with E-state index in [4.69, 9.17) is 27.1 Å². The van der Waals surface area contributed by atoms with Crippen molar-refractivity contribution in [2.45, 2.75) is 63.9 Å². The number of esters is 1. The monoisotopic (exact) mass is 509 g/mol. The van der Waals surface area contributed by atoms with Crippen molar-refractivity contribution in [3.63, 3.8) is 0 Å². The zero-order valence-electron chi connectivity index (χ0n) is 19.7. The Hall–Kier alpha value is -3.27. The number of aliphatic hydroxyl groups excluding tert-OH is 1. The van der Waals surface area contributed by atoms with Gasteiger partial charge in [-0.3, -0.25) is 9.59 Å². The van der Waals surface area contributed by atoms with Crippen molar-refractivity contribution in [3.8, 4) is 11.4 Å². The molecule has 4 N–H and O–H groups in total. The topological polar surface area (TPSA) is 145 Å². The summed E-state index contributed by atoms with van der Waals surface area (Å²) in [5.74, 6) is -2.19. The molecule has 4 heterocycles. The Morgan fingerprint density at radius 2 is 2.08 bits per heavy atom. The predicted molar refractivity (Wildman–Crippen MR) is 131 cm³/mol. The normalized spacial score (nSPS) is 22.6. The lowest BCUT2D eigenvalue weighted by Gasteiger charge is -2.31. The number of aromatic nitrogens is 2. The van der Waals surface area contributed by atoms with Crippen molar-refractivity contribution in [2.24, 2.45) is 5.73 Å². The van der Waals surface area contributed by atoms with Gasteiger partial charge in [-0.2, -0.15) is 0 Å². The van der Waals surface area contributed by atoms with Crippen LogP contribution in [0.4, 0.5) is 0 Å². The number of hydrogen-bond acceptors (Lipinski definition) is 7. The second kappa shape index (κ2) is 7.61. The number of aliphatic hydroxyl groups is 2. The summed E-state index contributed by atoms with van der Waals surface area (Å²) in [6.45, 7) is 3.51. The van der Waals surface area contributed by atoms with Crippen LogP contribution in [0.3, 0.4) is 0 Å². The molecular weight excluding hydrogens is 486 g/mol. The van der Waals surface area contributed by atoms with Crippen LogP contribution >= 0.6 is 11.6 Å². The zero-order chi connectivity index (χ0) is 25.7. The summed E-state index contributed by atoms with van der Waals surface area (Å²) in [7, 11) is 0. The molecule has 0 fully saturated rings. The quantitative estimate of drug-likeness (QED) is 0.358. The average Bonchev–Trinajstić information content (AvgIpc) is 3.23. The number of rotatable bonds is 3. The summed E-state index contributed by atoms with van der Waals surface area (Å²) in [4.78, 5) is 43.0. The summed E-state index contributed by atoms with van der Waals surface area (Å²) >= 11 is 6.54. The first-order valence-electron chi connectivity index (χ1n) is 11.9. The number of cyclic esters (lactones) is 1. The Bertz CT molecular complexity index is 1600. The van der Waals surface area contributed by atoms with E-state index >= 15 is 0 Å². The number of carbonyl (C=O) groups is 2. The van der Waals surface area contributed by atoms with Gasteiger partial charge in [-0.15, -0.1) is 0 Å². The van der Waals surface area contributed by atoms with Crippen LogP contribution in [0.15, 0.2) is 16.9 Å². The van der Waals surface area contributed by atoms with Crippen molar-refractivity contribution in [1.82, 2.24) is 9.55 Å². The predicted octanol–water partition coefficient (Wildman–Crippen LogP) is 1.92. The van der Waals surface area contributed by atoms with E-state index in [2.05, 4.69) is 0 Å². The number of pyridine rings is 2. The van der Waals surface area contributed by atoms with E-state index in [1.807, 2.05) is 6.92 Å². The van der Waals surface area contributed by atoms with E-state index in [1.54, 1.807) is 19.1 Å². The first kappa shape index (κ1) is 23.1. The molecular formula is C26H24ClN3O6. The Balaban J connectivity index is 1.70. The van der Waals surface area contributed by atoms with Crippen LogP contribution in [0.5, 0.6) is 0 Å². The van der Waals surface area contributed by atoms with Gasteiger partial charge in [-0.1, -0.05) is 18.5 Å². The van der Waals surface area contributed by atoms with Gasteiger partial charge >= 0.3 is 5.97 Å². The third-order valence-electron chi connectivity index (χ3n) is 8.10. The third kappa shape index (κ3) is 2.84. The molecule has 0 saturated carbocycles. The number of halogens is 1. The molecule has 10 heteroatoms. The fourth-order valence-corrected chi connectivity index (χ4v) is 6.32. The summed E-state index contributed by atoms with van der Waals surface area (Å²) in [6.07, 6.45) is -0.302. The van der Waals surface area contributed by atoms with Gasteiger partial charge in [0.15, 0.2) is 5.60 Å². The van der Waals surface area contributed by atoms with Crippen LogP contribution in [0.25, 0.3) is 22.3 Å². The molecule has 0 spiro atoms. The van der Waals surface area contributed by atoms with Crippen molar-refractivity contribution in [3.05, 3.63) is 60.9 Å². The highest BCUT2D eigenvalue weighted by Gasteiger charge is 2.46. The van der Waals surface area contributed by atoms with Gasteiger partial charge in [0.25, 0.3) is 5.56 Å². The summed E-state index contributed by atoms with van der Waals surface area (Å²) in [5, 5.41) is 23.3. The van der Waals surface area contributed by atoms with Gasteiger partial charge in [-0.05, 0) is 55.0 Å². The van der Waals surface area contributed by atoms with E-state index in [0.29, 0.717) is 40.3 Å². The number of amides is 1. The number of hydrogen-bond donors (Lipinski definition) is 3. The van der Waals surface area contributed by atoms with Crippen LogP contribution in [0, 0.1) is 6.92 Å². The highest BCUT2D eigenvalue weighted by molar-refractivity contribution is 6.32. The lowest BCUT2D eigenvalue weighted by molar-refractivity contribution is -0.172. The van der Waals surface area contributed by atoms with Crippen LogP contribution in [-0.2, 0) is 39.5 Å². The van der Waals surface area contributed by atoms with Gasteiger partial charge in [0.2, 0.25) is 5.91 Å². The van der Waals surface area contributed by atoms with Crippen LogP contribution < -0.4 is 11.3 Å². The maximum atomic E-state index is 13.6. The van der Waals surface area contributed by atoms with Gasteiger partial charge in [0.1, 0.15) is 12.7 Å². The van der Waals surface area contributed by atoms with Crippen molar-refractivity contribution < 1.29 is 24.5 Å². The molecule has 36 heavy (non-hydrogen) atoms. The minimum Gasteiger partial charge on any atom is -0.458 e. The number of benzene rings is 1. The van der Waals surface area contributed by atoms with Gasteiger partial charge < -0.3 is 25.3 Å². The smallest absolute Gasteiger partial charge is 0.343 e. The first-order valence-corrected chi connectivity index (χ1v) is 12.2. The summed E-state index contributed by atoms with van der Waals surface area (Å²) in [6, 6.07) is 3.38. The van der Waals surface area contributed by atoms with E-state index in [9.17, 15) is 24.6 Å². The highest BCUT2D eigenvalue weighted by atomic mass is 35.5. The Labute approximate surface area is 210 Å². The molecule has 0 radical (unpaired) electrons. The molecule has 186 valence electrons. The van der Waals surface area contributed by atoms with E-state index in [1.165, 1.54) is 4.57 Å². The maximum Gasteiger partial charge on any atom is 0.343 e. The number of carbonyl (C=O) groups excluding carboxylic acids is 2. The fraction of sp³-hybridized carbons (Fsp3) is 0.385. The average molecular weight is 510 g/mol. The number of nitrogens with zero attached hydrogens (tertiary/aromatic N) is 2. The Morgan fingerprint density at radius 3 is 2.78 bits per heavy atom. The molecule has 2 aliphatic heterocycles. The van der Waals surface area contributed by atoms with E-state index in [0.717, 1.165) is 22.1 Å². The minimum atomic E-state index is -1.94. The molecule has 6 rings (SSSR count). The zero-order valence-corrected chi connectivity index (χ0v) is 20.5. The van der Waals surface area contributed by atoms with Crippen LogP contribution in [0.2, 0.25) is 5.02 Å². The highest BCUT2D eigenvalue weighted by Crippen LogP contribution is 2.48. The van der Waals surface area contributed by atoms with Crippen LogP contribution in [-0.4, -0.2) is 37.7 Å². The molecule has 3 aliphatic rings. The molecule has 0 saturated heterocycles. The minimum absolute atomic E-state index is 0.0378. The van der Waals surface area contributed by atoms with Gasteiger partial charge in [0, 0.05) is 27.5 Å². The van der Waals surface area contributed by atoms with Crippen molar-refractivity contribution in [1.29, 1.82) is 0 Å². The molecule has 1 aromatic carbocycles. The molecule has 1 amide bonds. The molecule has 3 atom stereocenters. The molecule has 0 bridgehead atoms. The maximum absolute atomic E-state index is 13.6. The SMILES string of the molecule is CC[C@@]1(O)C(=O)OCc2c1cc1n(c2=O)Cc2c-1nc1cc(Cl)c(C)c3c1c2[C@@H](C(O)C(N)=O)CC3. The third-order valence-corrected chi connectivity index (χ3v) is 8.49. The van der Waals surface area contributed by atoms with Crippen LogP contribution in [0.1, 0.15) is 59.1 Å². The lowest BCUT2D eigenvalue weighted by Crippen LogP contribution is -2.44. The number of primary amides is 1. The van der Waals surface area contributed by atoms with Gasteiger partial charge in [0.05, 0.1) is 29.0 Å². The Morgan fingerprint density at radius 1 is 1.33 bits per heavy atom. The van der Waals surface area contributed by atoms with Crippen molar-refractivity contribution >= 4 is 34.4 Å². The lowest BCUT2D eigenvalue weighted by atomic mass is 9.76. The molecule has 3 aromatic rings. The molecule has 1 aliphatic carbocycles. The summed E-state index contributed by atoms with van der Waals surface area (Å²) < 4.78 is 6.68. The van der Waals surface area contributed by atoms with Gasteiger partial charge in [-0.25, -0.2) is 9.78 Å². The molecule has 1 unspecified atom stereocenters. The second-order valence-corrected chi connectivity index (χ2v) is 10.2. The number of fused-ring (bicyclic) bond motifs is 5.